The summed E-state index contributed by atoms with van der Waals surface area (Å²) in [6, 6.07) is 3.81. The van der Waals surface area contributed by atoms with Crippen molar-refractivity contribution in [3.05, 3.63) is 23.9 Å². The van der Waals surface area contributed by atoms with E-state index in [9.17, 15) is 0 Å². The Kier molecular flexibility index (Phi) is 4.57. The van der Waals surface area contributed by atoms with Gasteiger partial charge in [0, 0.05) is 25.4 Å². The van der Waals surface area contributed by atoms with Gasteiger partial charge in [0.05, 0.1) is 6.10 Å². The molecule has 0 fully saturated rings. The first-order valence-corrected chi connectivity index (χ1v) is 5.20. The van der Waals surface area contributed by atoms with Crippen LogP contribution in [-0.4, -0.2) is 24.1 Å². The molecule has 88 valence electrons. The van der Waals surface area contributed by atoms with E-state index in [1.54, 1.807) is 13.2 Å². The lowest BCUT2D eigenvalue weighted by Crippen LogP contribution is -2.31. The zero-order valence-electron chi connectivity index (χ0n) is 9.90. The Bertz CT molecular complexity index is 363. The van der Waals surface area contributed by atoms with E-state index in [1.807, 2.05) is 26.0 Å². The zero-order valence-corrected chi connectivity index (χ0v) is 9.90. The molecule has 5 heteroatoms. The van der Waals surface area contributed by atoms with Gasteiger partial charge in [0.2, 0.25) is 5.88 Å². The van der Waals surface area contributed by atoms with Crippen molar-refractivity contribution in [1.82, 2.24) is 10.3 Å². The topological polar surface area (TPSA) is 72.5 Å². The summed E-state index contributed by atoms with van der Waals surface area (Å²) in [5.41, 5.74) is 6.51. The number of guanidine groups is 1. The SMILES string of the molecule is CN=C(N)NCc1cccnc1OC(C)C. The van der Waals surface area contributed by atoms with Gasteiger partial charge in [-0.25, -0.2) is 4.98 Å². The number of nitrogens with one attached hydrogen (secondary N) is 1. The van der Waals surface area contributed by atoms with Crippen LogP contribution in [0.4, 0.5) is 0 Å². The molecule has 1 rings (SSSR count). The lowest BCUT2D eigenvalue weighted by molar-refractivity contribution is 0.230. The maximum Gasteiger partial charge on any atom is 0.218 e. The highest BCUT2D eigenvalue weighted by atomic mass is 16.5. The smallest absolute Gasteiger partial charge is 0.218 e. The summed E-state index contributed by atoms with van der Waals surface area (Å²) in [4.78, 5) is 8.00. The molecular formula is C11H18N4O. The van der Waals surface area contributed by atoms with Gasteiger partial charge in [0.25, 0.3) is 0 Å². The molecule has 1 aromatic rings. The summed E-state index contributed by atoms with van der Waals surface area (Å²) in [7, 11) is 1.64. The van der Waals surface area contributed by atoms with Crippen LogP contribution in [0, 0.1) is 0 Å². The van der Waals surface area contributed by atoms with Crippen molar-refractivity contribution in [3.8, 4) is 5.88 Å². The third-order valence-electron chi connectivity index (χ3n) is 1.90. The molecule has 0 bridgehead atoms. The van der Waals surface area contributed by atoms with Crippen LogP contribution in [0.3, 0.4) is 0 Å². The summed E-state index contributed by atoms with van der Waals surface area (Å²) < 4.78 is 5.58. The van der Waals surface area contributed by atoms with Gasteiger partial charge < -0.3 is 15.8 Å². The highest BCUT2D eigenvalue weighted by Crippen LogP contribution is 2.15. The standard InChI is InChI=1S/C11H18N4O/c1-8(2)16-10-9(5-4-6-14-10)7-15-11(12)13-3/h4-6,8H,7H2,1-3H3,(H3,12,13,15). The number of nitrogens with two attached hydrogens (primary N) is 1. The first kappa shape index (κ1) is 12.3. The monoisotopic (exact) mass is 222 g/mol. The Hall–Kier alpha value is -1.78. The van der Waals surface area contributed by atoms with Crippen molar-refractivity contribution in [3.63, 3.8) is 0 Å². The summed E-state index contributed by atoms with van der Waals surface area (Å²) in [6.45, 7) is 4.49. The van der Waals surface area contributed by atoms with Gasteiger partial charge in [-0.15, -0.1) is 0 Å². The lowest BCUT2D eigenvalue weighted by atomic mass is 10.2. The Morgan fingerprint density at radius 3 is 3.00 bits per heavy atom. The number of ether oxygens (including phenoxy) is 1. The molecule has 0 aromatic carbocycles. The molecule has 0 aliphatic rings. The number of pyridine rings is 1. The van der Waals surface area contributed by atoms with E-state index < -0.39 is 0 Å². The van der Waals surface area contributed by atoms with E-state index in [-0.39, 0.29) is 6.10 Å². The maximum atomic E-state index is 5.58. The van der Waals surface area contributed by atoms with Gasteiger partial charge in [0.1, 0.15) is 0 Å². The molecule has 0 spiro atoms. The molecule has 0 saturated carbocycles. The molecule has 0 amide bonds. The molecule has 0 aliphatic heterocycles. The molecule has 0 saturated heterocycles. The molecular weight excluding hydrogens is 204 g/mol. The largest absolute Gasteiger partial charge is 0.475 e. The van der Waals surface area contributed by atoms with E-state index in [2.05, 4.69) is 15.3 Å². The van der Waals surface area contributed by atoms with Crippen LogP contribution in [0.5, 0.6) is 5.88 Å². The molecule has 0 aliphatic carbocycles. The Morgan fingerprint density at radius 1 is 1.62 bits per heavy atom. The molecule has 0 radical (unpaired) electrons. The molecule has 16 heavy (non-hydrogen) atoms. The maximum absolute atomic E-state index is 5.58. The van der Waals surface area contributed by atoms with Crippen LogP contribution in [0.25, 0.3) is 0 Å². The van der Waals surface area contributed by atoms with Crippen molar-refractivity contribution < 1.29 is 4.74 Å². The van der Waals surface area contributed by atoms with E-state index in [1.165, 1.54) is 0 Å². The second-order valence-electron chi connectivity index (χ2n) is 3.60. The Balaban J connectivity index is 2.71. The lowest BCUT2D eigenvalue weighted by Gasteiger charge is -2.13. The average molecular weight is 222 g/mol. The third-order valence-corrected chi connectivity index (χ3v) is 1.90. The van der Waals surface area contributed by atoms with Crippen LogP contribution in [-0.2, 0) is 6.54 Å². The van der Waals surface area contributed by atoms with E-state index in [0.29, 0.717) is 18.4 Å². The molecule has 0 unspecified atom stereocenters. The minimum Gasteiger partial charge on any atom is -0.475 e. The number of rotatable bonds is 4. The predicted octanol–water partition coefficient (Wildman–Crippen LogP) is 0.903. The first-order valence-electron chi connectivity index (χ1n) is 5.20. The van der Waals surface area contributed by atoms with Crippen molar-refractivity contribution in [1.29, 1.82) is 0 Å². The predicted molar refractivity (Wildman–Crippen MR) is 64.4 cm³/mol. The fourth-order valence-corrected chi connectivity index (χ4v) is 1.15. The van der Waals surface area contributed by atoms with Crippen LogP contribution in [0.1, 0.15) is 19.4 Å². The average Bonchev–Trinajstić information content (AvgIpc) is 2.26. The van der Waals surface area contributed by atoms with Gasteiger partial charge in [-0.2, -0.15) is 0 Å². The molecule has 1 heterocycles. The quantitative estimate of drug-likeness (QED) is 0.586. The second kappa shape index (κ2) is 5.95. The fourth-order valence-electron chi connectivity index (χ4n) is 1.15. The van der Waals surface area contributed by atoms with Crippen LogP contribution < -0.4 is 15.8 Å². The third kappa shape index (κ3) is 3.76. The van der Waals surface area contributed by atoms with E-state index in [0.717, 1.165) is 5.56 Å². The summed E-state index contributed by atoms with van der Waals surface area (Å²) in [5, 5.41) is 2.97. The Morgan fingerprint density at radius 2 is 2.38 bits per heavy atom. The number of hydrogen-bond donors (Lipinski definition) is 2. The Labute approximate surface area is 95.7 Å². The highest BCUT2D eigenvalue weighted by Gasteiger charge is 2.06. The van der Waals surface area contributed by atoms with Gasteiger partial charge in [0.15, 0.2) is 5.96 Å². The summed E-state index contributed by atoms with van der Waals surface area (Å²) >= 11 is 0. The fraction of sp³-hybridized carbons (Fsp3) is 0.455. The number of aliphatic imine (C=N–C) groups is 1. The minimum absolute atomic E-state index is 0.103. The van der Waals surface area contributed by atoms with E-state index >= 15 is 0 Å². The van der Waals surface area contributed by atoms with Crippen LogP contribution in [0.15, 0.2) is 23.3 Å². The van der Waals surface area contributed by atoms with Crippen molar-refractivity contribution in [2.75, 3.05) is 7.05 Å². The van der Waals surface area contributed by atoms with Crippen LogP contribution in [0.2, 0.25) is 0 Å². The van der Waals surface area contributed by atoms with Gasteiger partial charge in [-0.1, -0.05) is 6.07 Å². The second-order valence-corrected chi connectivity index (χ2v) is 3.60. The number of aromatic nitrogens is 1. The molecule has 5 nitrogen and oxygen atoms in total. The summed E-state index contributed by atoms with van der Waals surface area (Å²) in [5.74, 6) is 1.04. The van der Waals surface area contributed by atoms with Crippen molar-refractivity contribution >= 4 is 5.96 Å². The van der Waals surface area contributed by atoms with Gasteiger partial charge in [-0.3, -0.25) is 4.99 Å². The molecule has 3 N–H and O–H groups in total. The normalized spacial score (nSPS) is 11.6. The zero-order chi connectivity index (χ0) is 12.0. The highest BCUT2D eigenvalue weighted by molar-refractivity contribution is 5.77. The molecule has 0 atom stereocenters. The van der Waals surface area contributed by atoms with E-state index in [4.69, 9.17) is 10.5 Å². The van der Waals surface area contributed by atoms with Crippen LogP contribution >= 0.6 is 0 Å². The van der Waals surface area contributed by atoms with Crippen molar-refractivity contribution in [2.45, 2.75) is 26.5 Å². The number of nitrogens with zero attached hydrogens (tertiary/aromatic N) is 2. The first-order chi connectivity index (χ1) is 7.63. The molecule has 1 aromatic heterocycles. The van der Waals surface area contributed by atoms with Gasteiger partial charge >= 0.3 is 0 Å². The van der Waals surface area contributed by atoms with Gasteiger partial charge in [-0.05, 0) is 19.9 Å². The summed E-state index contributed by atoms with van der Waals surface area (Å²) in [6.07, 6.45) is 1.81. The number of hydrogen-bond acceptors (Lipinski definition) is 3. The minimum atomic E-state index is 0.103. The van der Waals surface area contributed by atoms with Crippen molar-refractivity contribution in [2.24, 2.45) is 10.7 Å².